The predicted octanol–water partition coefficient (Wildman–Crippen LogP) is 2.70. The van der Waals surface area contributed by atoms with Crippen LogP contribution in [0.3, 0.4) is 0 Å². The Bertz CT molecular complexity index is 446. The second kappa shape index (κ2) is 5.90. The molecule has 3 aliphatic carbocycles. The van der Waals surface area contributed by atoms with Crippen LogP contribution in [-0.2, 0) is 6.54 Å². The van der Waals surface area contributed by atoms with Gasteiger partial charge in [-0.1, -0.05) is 18.9 Å². The molecule has 3 saturated carbocycles. The smallest absolute Gasteiger partial charge is 0.315 e. The molecule has 5 nitrogen and oxygen atoms in total. The van der Waals surface area contributed by atoms with E-state index in [0.717, 1.165) is 24.3 Å². The van der Waals surface area contributed by atoms with Crippen LogP contribution in [0.5, 0.6) is 0 Å². The van der Waals surface area contributed by atoms with Crippen molar-refractivity contribution in [3.63, 3.8) is 0 Å². The first-order chi connectivity index (χ1) is 9.11. The van der Waals surface area contributed by atoms with Gasteiger partial charge in [0.05, 0.1) is 6.54 Å². The van der Waals surface area contributed by atoms with Crippen LogP contribution in [0.4, 0.5) is 6.01 Å². The molecule has 3 atom stereocenters. The van der Waals surface area contributed by atoms with E-state index in [1.54, 1.807) is 0 Å². The first-order valence-corrected chi connectivity index (χ1v) is 7.32. The zero-order valence-corrected chi connectivity index (χ0v) is 13.3. The summed E-state index contributed by atoms with van der Waals surface area (Å²) in [5.41, 5.74) is 0.538. The fraction of sp³-hybridized carbons (Fsp3) is 0.857. The van der Waals surface area contributed by atoms with Gasteiger partial charge in [-0.15, -0.1) is 17.5 Å². The van der Waals surface area contributed by atoms with E-state index in [0.29, 0.717) is 23.9 Å². The standard InChI is InChI=1S/C14H24N4O.ClH/c1-14(2)10-5-4-9(11(14)6-10)7-16-13-18-17-12(19-13)8-15-3;/h9-11,15H,4-8H2,1-3H3,(H,16,18);1H/t9-,10-,11-;/m1./s1. The Hall–Kier alpha value is -0.810. The van der Waals surface area contributed by atoms with Crippen LogP contribution in [0.1, 0.15) is 39.0 Å². The van der Waals surface area contributed by atoms with Crippen LogP contribution >= 0.6 is 12.4 Å². The predicted molar refractivity (Wildman–Crippen MR) is 80.9 cm³/mol. The highest BCUT2D eigenvalue weighted by molar-refractivity contribution is 5.85. The molecule has 0 spiro atoms. The van der Waals surface area contributed by atoms with Gasteiger partial charge in [0.15, 0.2) is 0 Å². The lowest BCUT2D eigenvalue weighted by Gasteiger charge is -2.60. The Balaban J connectivity index is 0.00000147. The molecule has 0 unspecified atom stereocenters. The molecule has 3 fully saturated rings. The van der Waals surface area contributed by atoms with Gasteiger partial charge in [0.25, 0.3) is 0 Å². The molecule has 0 saturated heterocycles. The highest BCUT2D eigenvalue weighted by atomic mass is 35.5. The van der Waals surface area contributed by atoms with Gasteiger partial charge in [-0.3, -0.25) is 0 Å². The number of aromatic nitrogens is 2. The van der Waals surface area contributed by atoms with E-state index in [1.807, 2.05) is 7.05 Å². The minimum atomic E-state index is 0. The summed E-state index contributed by atoms with van der Waals surface area (Å²) in [6, 6.07) is 0.560. The van der Waals surface area contributed by atoms with Crippen LogP contribution in [0.15, 0.2) is 4.42 Å². The van der Waals surface area contributed by atoms with Gasteiger partial charge >= 0.3 is 6.01 Å². The number of hydrogen-bond donors (Lipinski definition) is 2. The van der Waals surface area contributed by atoms with E-state index >= 15 is 0 Å². The van der Waals surface area contributed by atoms with Crippen LogP contribution in [0, 0.1) is 23.2 Å². The zero-order chi connectivity index (χ0) is 13.5. The molecule has 114 valence electrons. The molecule has 20 heavy (non-hydrogen) atoms. The maximum atomic E-state index is 5.52. The Morgan fingerprint density at radius 2 is 2.10 bits per heavy atom. The summed E-state index contributed by atoms with van der Waals surface area (Å²) in [7, 11) is 1.87. The number of nitrogens with one attached hydrogen (secondary N) is 2. The van der Waals surface area contributed by atoms with Crippen LogP contribution in [0.2, 0.25) is 0 Å². The fourth-order valence-corrected chi connectivity index (χ4v) is 3.97. The van der Waals surface area contributed by atoms with Gasteiger partial charge < -0.3 is 15.1 Å². The topological polar surface area (TPSA) is 63.0 Å². The van der Waals surface area contributed by atoms with Gasteiger partial charge in [0.2, 0.25) is 5.89 Å². The lowest BCUT2D eigenvalue weighted by atomic mass is 9.45. The number of hydrogen-bond acceptors (Lipinski definition) is 5. The zero-order valence-electron chi connectivity index (χ0n) is 12.5. The molecule has 4 rings (SSSR count). The van der Waals surface area contributed by atoms with Gasteiger partial charge in [0, 0.05) is 6.54 Å². The van der Waals surface area contributed by atoms with E-state index in [4.69, 9.17) is 4.42 Å². The second-order valence-corrected chi connectivity index (χ2v) is 6.61. The molecule has 0 radical (unpaired) electrons. The lowest BCUT2D eigenvalue weighted by Crippen LogP contribution is -2.53. The van der Waals surface area contributed by atoms with Crippen molar-refractivity contribution < 1.29 is 4.42 Å². The molecular weight excluding hydrogens is 276 g/mol. The summed E-state index contributed by atoms with van der Waals surface area (Å²) in [6.45, 7) is 6.43. The molecule has 2 bridgehead atoms. The highest BCUT2D eigenvalue weighted by Crippen LogP contribution is 2.61. The fourth-order valence-electron chi connectivity index (χ4n) is 3.97. The van der Waals surface area contributed by atoms with Crippen molar-refractivity contribution in [1.29, 1.82) is 0 Å². The summed E-state index contributed by atoms with van der Waals surface area (Å²) in [5.74, 6) is 3.20. The number of rotatable bonds is 5. The Morgan fingerprint density at radius 3 is 2.75 bits per heavy atom. The van der Waals surface area contributed by atoms with Gasteiger partial charge in [-0.2, -0.15) is 0 Å². The van der Waals surface area contributed by atoms with E-state index in [1.165, 1.54) is 19.3 Å². The minimum absolute atomic E-state index is 0. The number of nitrogens with zero attached hydrogens (tertiary/aromatic N) is 2. The molecule has 1 aromatic rings. The monoisotopic (exact) mass is 300 g/mol. The minimum Gasteiger partial charge on any atom is -0.407 e. The summed E-state index contributed by atoms with van der Waals surface area (Å²) in [5, 5.41) is 14.3. The summed E-state index contributed by atoms with van der Waals surface area (Å²) in [4.78, 5) is 0. The van der Waals surface area contributed by atoms with Gasteiger partial charge in [-0.05, 0) is 49.5 Å². The molecule has 2 N–H and O–H groups in total. The number of fused-ring (bicyclic) bond motifs is 2. The quantitative estimate of drug-likeness (QED) is 0.875. The number of halogens is 1. The molecule has 0 aromatic carbocycles. The van der Waals surface area contributed by atoms with Gasteiger partial charge in [0.1, 0.15) is 0 Å². The van der Waals surface area contributed by atoms with E-state index < -0.39 is 0 Å². The molecule has 1 aromatic heterocycles. The normalized spacial score (nSPS) is 30.2. The first-order valence-electron chi connectivity index (χ1n) is 7.32. The van der Waals surface area contributed by atoms with Crippen LogP contribution in [0.25, 0.3) is 0 Å². The molecule has 3 aliphatic rings. The highest BCUT2D eigenvalue weighted by Gasteiger charge is 2.53. The molecular formula is C14H25ClN4O. The third-order valence-electron chi connectivity index (χ3n) is 5.31. The molecule has 1 heterocycles. The van der Waals surface area contributed by atoms with Crippen molar-refractivity contribution in [2.24, 2.45) is 23.2 Å². The van der Waals surface area contributed by atoms with Crippen molar-refractivity contribution >= 4 is 18.4 Å². The van der Waals surface area contributed by atoms with E-state index in [-0.39, 0.29) is 12.4 Å². The molecule has 0 amide bonds. The maximum absolute atomic E-state index is 5.52. The molecule has 0 aliphatic heterocycles. The van der Waals surface area contributed by atoms with E-state index in [9.17, 15) is 0 Å². The van der Waals surface area contributed by atoms with Crippen LogP contribution in [-0.4, -0.2) is 23.8 Å². The summed E-state index contributed by atoms with van der Waals surface area (Å²) in [6.07, 6.45) is 4.13. The summed E-state index contributed by atoms with van der Waals surface area (Å²) >= 11 is 0. The SMILES string of the molecule is CNCc1nnc(NC[C@H]2CC[C@@H]3C[C@H]2C3(C)C)o1.Cl. The van der Waals surface area contributed by atoms with Crippen molar-refractivity contribution in [2.45, 2.75) is 39.7 Å². The van der Waals surface area contributed by atoms with Crippen molar-refractivity contribution in [1.82, 2.24) is 15.5 Å². The average Bonchev–Trinajstić information content (AvgIpc) is 2.84. The van der Waals surface area contributed by atoms with Gasteiger partial charge in [-0.25, -0.2) is 0 Å². The lowest BCUT2D eigenvalue weighted by molar-refractivity contribution is -0.100. The maximum Gasteiger partial charge on any atom is 0.315 e. The van der Waals surface area contributed by atoms with Crippen molar-refractivity contribution in [2.75, 3.05) is 18.9 Å². The summed E-state index contributed by atoms with van der Waals surface area (Å²) < 4.78 is 5.52. The van der Waals surface area contributed by atoms with Crippen molar-refractivity contribution in [3.05, 3.63) is 5.89 Å². The first kappa shape index (κ1) is 15.6. The Morgan fingerprint density at radius 1 is 1.30 bits per heavy atom. The molecule has 6 heteroatoms. The van der Waals surface area contributed by atoms with Crippen molar-refractivity contribution in [3.8, 4) is 0 Å². The Labute approximate surface area is 126 Å². The third kappa shape index (κ3) is 2.66. The largest absolute Gasteiger partial charge is 0.407 e. The average molecular weight is 301 g/mol. The van der Waals surface area contributed by atoms with Crippen LogP contribution < -0.4 is 10.6 Å². The Kier molecular flexibility index (Phi) is 4.59. The second-order valence-electron chi connectivity index (χ2n) is 6.61. The third-order valence-corrected chi connectivity index (χ3v) is 5.31. The number of anilines is 1. The van der Waals surface area contributed by atoms with E-state index in [2.05, 4.69) is 34.7 Å².